The number of hydrogen-bond donors (Lipinski definition) is 2. The first-order chi connectivity index (χ1) is 19.1. The number of nitrogens with one attached hydrogen (secondary N) is 1. The zero-order chi connectivity index (χ0) is 30.8. The van der Waals surface area contributed by atoms with Crippen LogP contribution in [0.1, 0.15) is 26.3 Å². The van der Waals surface area contributed by atoms with Crippen LogP contribution in [-0.4, -0.2) is 78.2 Å². The molecule has 0 spiro atoms. The number of nitrogens with zero attached hydrogens (tertiary/aromatic N) is 3. The number of benzene rings is 2. The average molecular weight is 575 g/mol. The van der Waals surface area contributed by atoms with Gasteiger partial charge in [-0.05, 0) is 56.1 Å². The molecular formula is C26H27FN4O10. The number of anilines is 1. The van der Waals surface area contributed by atoms with E-state index >= 15 is 0 Å². The molecule has 2 aromatic rings. The molecule has 1 aliphatic rings. The predicted molar refractivity (Wildman–Crippen MR) is 138 cm³/mol. The van der Waals surface area contributed by atoms with Crippen molar-refractivity contribution in [2.24, 2.45) is 0 Å². The average Bonchev–Trinajstić information content (AvgIpc) is 2.85. The van der Waals surface area contributed by atoms with Crippen molar-refractivity contribution in [3.05, 3.63) is 47.8 Å². The molecule has 2 aromatic carbocycles. The van der Waals surface area contributed by atoms with E-state index in [1.54, 1.807) is 0 Å². The third-order valence-electron chi connectivity index (χ3n) is 5.89. The minimum atomic E-state index is -2.40. The van der Waals surface area contributed by atoms with E-state index in [9.17, 15) is 38.3 Å². The minimum Gasteiger partial charge on any atom is -0.465 e. The molecule has 0 aromatic heterocycles. The molecule has 2 unspecified atom stereocenters. The van der Waals surface area contributed by atoms with Gasteiger partial charge in [0, 0.05) is 33.5 Å². The van der Waals surface area contributed by atoms with Crippen LogP contribution in [0.4, 0.5) is 19.7 Å². The number of carboxylic acid groups (broad SMARTS) is 1. The molecule has 0 radical (unpaired) electrons. The number of halogens is 1. The molecule has 4 amide bonds. The smallest absolute Gasteiger partial charge is 0.405 e. The van der Waals surface area contributed by atoms with Crippen LogP contribution < -0.4 is 24.4 Å². The Morgan fingerprint density at radius 2 is 1.41 bits per heavy atom. The molecule has 2 N–H and O–H groups in total. The SMILES string of the molecule is CC(=O)Oc1cc(C2(NC(=O)O)C(=O)N(C)C(=O)N(c3ccc(F)cc3)C2N(C)C)cc(OC(C)=O)c1OC(C)=O. The lowest BCUT2D eigenvalue weighted by molar-refractivity contribution is -0.139. The first kappa shape index (κ1) is 30.5. The maximum atomic E-state index is 14.0. The Morgan fingerprint density at radius 1 is 0.927 bits per heavy atom. The highest BCUT2D eigenvalue weighted by atomic mass is 19.1. The molecule has 0 bridgehead atoms. The van der Waals surface area contributed by atoms with Gasteiger partial charge in [0.05, 0.1) is 0 Å². The summed E-state index contributed by atoms with van der Waals surface area (Å²) in [5.41, 5.74) is -2.56. The maximum absolute atomic E-state index is 14.0. The second-order valence-corrected chi connectivity index (χ2v) is 9.15. The highest BCUT2D eigenvalue weighted by Gasteiger charge is 2.60. The lowest BCUT2D eigenvalue weighted by atomic mass is 9.81. The fourth-order valence-electron chi connectivity index (χ4n) is 4.53. The number of carbonyl (C=O) groups excluding carboxylic acids is 5. The van der Waals surface area contributed by atoms with Gasteiger partial charge in [0.2, 0.25) is 5.75 Å². The summed E-state index contributed by atoms with van der Waals surface area (Å²) in [5, 5.41) is 12.2. The Hall–Kier alpha value is -5.05. The van der Waals surface area contributed by atoms with E-state index in [1.165, 1.54) is 31.1 Å². The highest BCUT2D eigenvalue weighted by Crippen LogP contribution is 2.46. The molecule has 14 nitrogen and oxygen atoms in total. The van der Waals surface area contributed by atoms with Gasteiger partial charge < -0.3 is 19.3 Å². The lowest BCUT2D eigenvalue weighted by Crippen LogP contribution is -2.77. The summed E-state index contributed by atoms with van der Waals surface area (Å²) in [6.45, 7) is 3.08. The molecule has 2 atom stereocenters. The van der Waals surface area contributed by atoms with Crippen molar-refractivity contribution in [1.82, 2.24) is 15.1 Å². The third kappa shape index (κ3) is 5.94. The van der Waals surface area contributed by atoms with Gasteiger partial charge in [0.15, 0.2) is 17.0 Å². The molecular weight excluding hydrogens is 547 g/mol. The van der Waals surface area contributed by atoms with Gasteiger partial charge in [-0.2, -0.15) is 0 Å². The Bertz CT molecular complexity index is 1390. The van der Waals surface area contributed by atoms with E-state index in [1.807, 2.05) is 0 Å². The second-order valence-electron chi connectivity index (χ2n) is 9.15. The summed E-state index contributed by atoms with van der Waals surface area (Å²) >= 11 is 0. The molecule has 1 heterocycles. The van der Waals surface area contributed by atoms with Crippen molar-refractivity contribution in [3.63, 3.8) is 0 Å². The van der Waals surface area contributed by atoms with Crippen LogP contribution in [0.2, 0.25) is 0 Å². The first-order valence-corrected chi connectivity index (χ1v) is 11.9. The number of amides is 4. The van der Waals surface area contributed by atoms with Gasteiger partial charge in [0.25, 0.3) is 5.91 Å². The maximum Gasteiger partial charge on any atom is 0.405 e. The largest absolute Gasteiger partial charge is 0.465 e. The third-order valence-corrected chi connectivity index (χ3v) is 5.89. The number of carbonyl (C=O) groups is 6. The minimum absolute atomic E-state index is 0.1000. The van der Waals surface area contributed by atoms with Crippen LogP contribution >= 0.6 is 0 Å². The highest BCUT2D eigenvalue weighted by molar-refractivity contribution is 6.11. The summed E-state index contributed by atoms with van der Waals surface area (Å²) in [7, 11) is 4.02. The van der Waals surface area contributed by atoms with E-state index in [0.29, 0.717) is 4.90 Å². The molecule has 3 rings (SSSR count). The summed E-state index contributed by atoms with van der Waals surface area (Å²) in [5.74, 6) is -5.85. The van der Waals surface area contributed by atoms with Crippen molar-refractivity contribution in [3.8, 4) is 17.2 Å². The van der Waals surface area contributed by atoms with Crippen molar-refractivity contribution < 1.29 is 52.5 Å². The predicted octanol–water partition coefficient (Wildman–Crippen LogP) is 2.05. The standard InChI is InChI=1S/C26H27FN4O10/c1-13(32)39-19-11-16(12-20(40-14(2)33)21(19)41-15(3)34)26(28-24(36)37)22(29(4)5)31(25(38)30(6)23(26)35)18-9-7-17(27)8-10-18/h7-12,22,28H,1-6H3,(H,36,37). The van der Waals surface area contributed by atoms with E-state index in [2.05, 4.69) is 5.32 Å². The number of imide groups is 1. The molecule has 1 saturated heterocycles. The van der Waals surface area contributed by atoms with Gasteiger partial charge in [0.1, 0.15) is 12.0 Å². The van der Waals surface area contributed by atoms with Crippen LogP contribution in [0.15, 0.2) is 36.4 Å². The topological polar surface area (TPSA) is 172 Å². The Labute approximate surface area is 233 Å². The lowest BCUT2D eigenvalue weighted by Gasteiger charge is -2.52. The summed E-state index contributed by atoms with van der Waals surface area (Å²) in [4.78, 5) is 78.7. The van der Waals surface area contributed by atoms with Gasteiger partial charge in [-0.1, -0.05) is 0 Å². The van der Waals surface area contributed by atoms with Gasteiger partial charge in [-0.3, -0.25) is 39.2 Å². The first-order valence-electron chi connectivity index (χ1n) is 11.9. The van der Waals surface area contributed by atoms with Crippen molar-refractivity contribution in [1.29, 1.82) is 0 Å². The van der Waals surface area contributed by atoms with Gasteiger partial charge >= 0.3 is 30.0 Å². The summed E-state index contributed by atoms with van der Waals surface area (Å²) in [6.07, 6.45) is -3.17. The normalized spacial score (nSPS) is 18.7. The molecule has 15 heteroatoms. The van der Waals surface area contributed by atoms with E-state index in [0.717, 1.165) is 57.0 Å². The van der Waals surface area contributed by atoms with Crippen molar-refractivity contribution in [2.75, 3.05) is 26.0 Å². The number of rotatable bonds is 7. The van der Waals surface area contributed by atoms with E-state index in [4.69, 9.17) is 14.2 Å². The summed E-state index contributed by atoms with van der Waals surface area (Å²) in [6, 6.07) is 5.88. The van der Waals surface area contributed by atoms with Crippen LogP contribution in [0.5, 0.6) is 17.2 Å². The van der Waals surface area contributed by atoms with E-state index in [-0.39, 0.29) is 11.3 Å². The molecule has 0 saturated carbocycles. The molecule has 218 valence electrons. The number of likely N-dealkylation sites (N-methyl/N-ethyl adjacent to an activating group) is 2. The number of ether oxygens (including phenoxy) is 3. The fraction of sp³-hybridized carbons (Fsp3) is 0.308. The fourth-order valence-corrected chi connectivity index (χ4v) is 4.53. The Morgan fingerprint density at radius 3 is 1.83 bits per heavy atom. The molecule has 41 heavy (non-hydrogen) atoms. The number of hydrogen-bond acceptors (Lipinski definition) is 10. The quantitative estimate of drug-likeness (QED) is 0.366. The molecule has 1 fully saturated rings. The number of urea groups is 1. The monoisotopic (exact) mass is 574 g/mol. The van der Waals surface area contributed by atoms with Gasteiger partial charge in [-0.15, -0.1) is 0 Å². The van der Waals surface area contributed by atoms with Crippen LogP contribution in [0, 0.1) is 5.82 Å². The van der Waals surface area contributed by atoms with E-state index < -0.39 is 70.7 Å². The van der Waals surface area contributed by atoms with Gasteiger partial charge in [-0.25, -0.2) is 14.0 Å². The van der Waals surface area contributed by atoms with Crippen molar-refractivity contribution in [2.45, 2.75) is 32.5 Å². The van der Waals surface area contributed by atoms with Crippen LogP contribution in [-0.2, 0) is 24.7 Å². The van der Waals surface area contributed by atoms with Crippen LogP contribution in [0.25, 0.3) is 0 Å². The second kappa shape index (κ2) is 11.6. The zero-order valence-electron chi connectivity index (χ0n) is 22.9. The van der Waals surface area contributed by atoms with Crippen LogP contribution in [0.3, 0.4) is 0 Å². The molecule has 1 aliphatic heterocycles. The molecule has 0 aliphatic carbocycles. The summed E-state index contributed by atoms with van der Waals surface area (Å²) < 4.78 is 29.3. The Kier molecular flexibility index (Phi) is 8.62. The zero-order valence-corrected chi connectivity index (χ0v) is 22.9. The number of esters is 3. The Balaban J connectivity index is 2.48. The van der Waals surface area contributed by atoms with Crippen molar-refractivity contribution >= 4 is 41.6 Å².